The zero-order valence-electron chi connectivity index (χ0n) is 17.7. The lowest BCUT2D eigenvalue weighted by Gasteiger charge is -2.10. The van der Waals surface area contributed by atoms with Crippen molar-refractivity contribution in [2.45, 2.75) is 12.7 Å². The van der Waals surface area contributed by atoms with E-state index in [-0.39, 0.29) is 28.6 Å². The first-order valence-electron chi connectivity index (χ1n) is 10.1. The second-order valence-corrected chi connectivity index (χ2v) is 9.62. The summed E-state index contributed by atoms with van der Waals surface area (Å²) in [5.41, 5.74) is -0.847. The molecule has 0 saturated heterocycles. The van der Waals surface area contributed by atoms with Crippen molar-refractivity contribution < 1.29 is 18.0 Å². The average molecular weight is 572 g/mol. The van der Waals surface area contributed by atoms with E-state index in [2.05, 4.69) is 20.5 Å². The third kappa shape index (κ3) is 4.66. The molecule has 1 aromatic carbocycles. The number of hydrogen-bond donors (Lipinski definition) is 1. The molecule has 1 N–H and O–H groups in total. The van der Waals surface area contributed by atoms with Crippen LogP contribution in [0, 0.1) is 0 Å². The Kier molecular flexibility index (Phi) is 6.41. The Hall–Kier alpha value is -3.12. The lowest BCUT2D eigenvalue weighted by molar-refractivity contribution is -0.142. The van der Waals surface area contributed by atoms with Crippen molar-refractivity contribution in [1.82, 2.24) is 24.4 Å². The third-order valence-corrected chi connectivity index (χ3v) is 7.03. The highest BCUT2D eigenvalue weighted by Gasteiger charge is 2.37. The highest BCUT2D eigenvalue weighted by atomic mass is 35.5. The number of nitrogens with one attached hydrogen (secondary N) is 1. The summed E-state index contributed by atoms with van der Waals surface area (Å²) in [6.07, 6.45) is -1.90. The van der Waals surface area contributed by atoms with Crippen molar-refractivity contribution in [2.75, 3.05) is 5.32 Å². The van der Waals surface area contributed by atoms with Crippen LogP contribution in [0.1, 0.15) is 21.7 Å². The van der Waals surface area contributed by atoms with Gasteiger partial charge in [-0.05, 0) is 29.6 Å². The molecule has 184 valence electrons. The minimum atomic E-state index is -4.77. The minimum absolute atomic E-state index is 0.0677. The third-order valence-electron chi connectivity index (χ3n) is 5.08. The number of alkyl halides is 3. The monoisotopic (exact) mass is 570 g/mol. The van der Waals surface area contributed by atoms with E-state index in [1.54, 1.807) is 35.7 Å². The molecule has 0 atom stereocenters. The summed E-state index contributed by atoms with van der Waals surface area (Å²) < 4.78 is 43.4. The summed E-state index contributed by atoms with van der Waals surface area (Å²) in [4.78, 5) is 17.6. The summed E-state index contributed by atoms with van der Waals surface area (Å²) in [5, 5.41) is 12.8. The van der Waals surface area contributed by atoms with Crippen LogP contribution in [0.25, 0.3) is 16.2 Å². The van der Waals surface area contributed by atoms with Crippen molar-refractivity contribution in [3.05, 3.63) is 86.2 Å². The maximum atomic E-state index is 13.8. The Morgan fingerprint density at radius 3 is 2.53 bits per heavy atom. The van der Waals surface area contributed by atoms with Crippen molar-refractivity contribution in [2.24, 2.45) is 0 Å². The first-order chi connectivity index (χ1) is 17.1. The van der Waals surface area contributed by atoms with E-state index >= 15 is 0 Å². The predicted molar refractivity (Wildman–Crippen MR) is 132 cm³/mol. The van der Waals surface area contributed by atoms with Gasteiger partial charge in [-0.25, -0.2) is 9.50 Å². The van der Waals surface area contributed by atoms with Crippen LogP contribution in [0.4, 0.5) is 18.9 Å². The van der Waals surface area contributed by atoms with Gasteiger partial charge in [0.1, 0.15) is 5.02 Å². The highest BCUT2D eigenvalue weighted by Crippen LogP contribution is 2.35. The molecule has 0 aliphatic heterocycles. The van der Waals surface area contributed by atoms with Crippen LogP contribution in [0.2, 0.25) is 15.1 Å². The van der Waals surface area contributed by atoms with Gasteiger partial charge >= 0.3 is 6.18 Å². The number of thiophene rings is 1. The average Bonchev–Trinajstić information content (AvgIpc) is 3.56. The fourth-order valence-corrected chi connectivity index (χ4v) is 4.89. The number of anilines is 1. The van der Waals surface area contributed by atoms with Crippen molar-refractivity contribution >= 4 is 63.4 Å². The topological polar surface area (TPSA) is 77.1 Å². The normalized spacial score (nSPS) is 11.8. The van der Waals surface area contributed by atoms with Crippen molar-refractivity contribution in [3.8, 4) is 10.6 Å². The number of nitrogens with zero attached hydrogens (tertiary/aromatic N) is 5. The Morgan fingerprint density at radius 1 is 1.11 bits per heavy atom. The number of halogens is 6. The van der Waals surface area contributed by atoms with Crippen LogP contribution in [0.15, 0.2) is 54.2 Å². The van der Waals surface area contributed by atoms with E-state index in [0.717, 1.165) is 6.07 Å². The van der Waals surface area contributed by atoms with E-state index in [9.17, 15) is 18.0 Å². The zero-order valence-corrected chi connectivity index (χ0v) is 20.8. The fourth-order valence-electron chi connectivity index (χ4n) is 3.44. The second-order valence-electron chi connectivity index (χ2n) is 7.48. The molecule has 5 rings (SSSR count). The van der Waals surface area contributed by atoms with Crippen LogP contribution in [0.5, 0.6) is 0 Å². The van der Waals surface area contributed by atoms with Gasteiger partial charge in [0, 0.05) is 21.8 Å². The molecule has 7 nitrogen and oxygen atoms in total. The number of aromatic nitrogens is 5. The molecule has 0 spiro atoms. The van der Waals surface area contributed by atoms with E-state index < -0.39 is 23.5 Å². The number of rotatable bonds is 5. The molecule has 36 heavy (non-hydrogen) atoms. The van der Waals surface area contributed by atoms with E-state index in [0.29, 0.717) is 25.0 Å². The van der Waals surface area contributed by atoms with Crippen LogP contribution in [0.3, 0.4) is 0 Å². The summed E-state index contributed by atoms with van der Waals surface area (Å²) >= 11 is 19.9. The number of benzene rings is 1. The lowest BCUT2D eigenvalue weighted by atomic mass is 10.2. The van der Waals surface area contributed by atoms with Crippen LogP contribution in [-0.4, -0.2) is 30.3 Å². The molecule has 0 fully saturated rings. The molecule has 4 aromatic heterocycles. The molecule has 4 heterocycles. The van der Waals surface area contributed by atoms with Gasteiger partial charge in [0.25, 0.3) is 5.91 Å². The molecule has 1 amide bonds. The second kappa shape index (κ2) is 9.40. The van der Waals surface area contributed by atoms with Gasteiger partial charge in [-0.1, -0.05) is 46.9 Å². The Morgan fingerprint density at radius 2 is 1.86 bits per heavy atom. The molecule has 0 unspecified atom stereocenters. The maximum absolute atomic E-state index is 13.8. The number of fused-ring (bicyclic) bond motifs is 1. The number of carbonyl (C=O) groups excluding carboxylic acids is 1. The summed E-state index contributed by atoms with van der Waals surface area (Å²) in [5.74, 6) is -0.827. The van der Waals surface area contributed by atoms with Gasteiger partial charge in [-0.15, -0.1) is 11.3 Å². The quantitative estimate of drug-likeness (QED) is 0.248. The Balaban J connectivity index is 1.46. The van der Waals surface area contributed by atoms with Gasteiger partial charge < -0.3 is 5.32 Å². The number of amides is 1. The molecule has 0 radical (unpaired) electrons. The van der Waals surface area contributed by atoms with Crippen LogP contribution >= 0.6 is 46.1 Å². The van der Waals surface area contributed by atoms with Crippen LogP contribution < -0.4 is 5.32 Å². The smallest absolute Gasteiger partial charge is 0.318 e. The van der Waals surface area contributed by atoms with E-state index in [1.807, 2.05) is 0 Å². The molecule has 0 bridgehead atoms. The SMILES string of the molecule is O=C(Nc1cnn(Cc2c(Cl)cccc2Cl)c1)c1nn2c(C(F)(F)F)cc(-c3cccs3)nc2c1Cl. The lowest BCUT2D eigenvalue weighted by Crippen LogP contribution is -2.15. The molecule has 5 aromatic rings. The van der Waals surface area contributed by atoms with Gasteiger partial charge in [0.2, 0.25) is 0 Å². The molecule has 0 aliphatic carbocycles. The van der Waals surface area contributed by atoms with E-state index in [1.165, 1.54) is 28.4 Å². The highest BCUT2D eigenvalue weighted by molar-refractivity contribution is 7.13. The Labute approximate surface area is 220 Å². The van der Waals surface area contributed by atoms with Gasteiger partial charge in [0.05, 0.1) is 29.0 Å². The number of hydrogen-bond acceptors (Lipinski definition) is 5. The minimum Gasteiger partial charge on any atom is -0.318 e. The number of carbonyl (C=O) groups is 1. The van der Waals surface area contributed by atoms with Gasteiger partial charge in [-0.3, -0.25) is 9.48 Å². The largest absolute Gasteiger partial charge is 0.433 e. The first-order valence-corrected chi connectivity index (χ1v) is 12.1. The standard InChI is InChI=1S/C22H12Cl3F3N6OS/c23-13-3-1-4-14(24)12(13)10-33-9-11(8-29-33)30-21(35)19-18(25)20-31-15(16-5-2-6-36-16)7-17(22(26,27)28)34(20)32-19/h1-9H,10H2,(H,30,35). The first kappa shape index (κ1) is 24.6. The van der Waals surface area contributed by atoms with Crippen molar-refractivity contribution in [3.63, 3.8) is 0 Å². The summed E-state index contributed by atoms with van der Waals surface area (Å²) in [6, 6.07) is 9.28. The Bertz CT molecular complexity index is 1580. The maximum Gasteiger partial charge on any atom is 0.433 e. The molecule has 0 aliphatic rings. The zero-order chi connectivity index (χ0) is 25.6. The van der Waals surface area contributed by atoms with Crippen LogP contribution in [-0.2, 0) is 12.7 Å². The fraction of sp³-hybridized carbons (Fsp3) is 0.0909. The van der Waals surface area contributed by atoms with E-state index in [4.69, 9.17) is 34.8 Å². The molecular formula is C22H12Cl3F3N6OS. The van der Waals surface area contributed by atoms with Gasteiger partial charge in [0.15, 0.2) is 17.0 Å². The molecule has 14 heteroatoms. The molecular weight excluding hydrogens is 560 g/mol. The van der Waals surface area contributed by atoms with Crippen molar-refractivity contribution in [1.29, 1.82) is 0 Å². The predicted octanol–water partition coefficient (Wildman–Crippen LogP) is 6.93. The molecule has 0 saturated carbocycles. The summed E-state index contributed by atoms with van der Waals surface area (Å²) in [7, 11) is 0. The van der Waals surface area contributed by atoms with Gasteiger partial charge in [-0.2, -0.15) is 23.4 Å². The summed E-state index contributed by atoms with van der Waals surface area (Å²) in [6.45, 7) is 0.230.